The first-order chi connectivity index (χ1) is 6.77. The summed E-state index contributed by atoms with van der Waals surface area (Å²) in [6.07, 6.45) is 2.09. The molecule has 0 radical (unpaired) electrons. The third kappa shape index (κ3) is 1.94. The molecule has 0 spiro atoms. The summed E-state index contributed by atoms with van der Waals surface area (Å²) < 4.78 is 5.84. The largest absolute Gasteiger partial charge is 0.352 e. The van der Waals surface area contributed by atoms with E-state index in [9.17, 15) is 0 Å². The van der Waals surface area contributed by atoms with Crippen molar-refractivity contribution in [3.8, 4) is 0 Å². The van der Waals surface area contributed by atoms with Crippen LogP contribution >= 0.6 is 0 Å². The second kappa shape index (κ2) is 4.07. The maximum absolute atomic E-state index is 5.84. The fourth-order valence-corrected chi connectivity index (χ4v) is 1.63. The molecule has 1 aliphatic heterocycles. The second-order valence-electron chi connectivity index (χ2n) is 3.95. The van der Waals surface area contributed by atoms with Crippen molar-refractivity contribution >= 4 is 0 Å². The number of ether oxygens (including phenoxy) is 1. The molecule has 0 amide bonds. The maximum atomic E-state index is 5.84. The van der Waals surface area contributed by atoms with Gasteiger partial charge >= 0.3 is 0 Å². The van der Waals surface area contributed by atoms with E-state index in [1.807, 2.05) is 18.2 Å². The van der Waals surface area contributed by atoms with E-state index in [1.54, 1.807) is 6.20 Å². The van der Waals surface area contributed by atoms with Gasteiger partial charge in [-0.05, 0) is 18.1 Å². The molecule has 0 saturated carbocycles. The van der Waals surface area contributed by atoms with E-state index in [1.165, 1.54) is 0 Å². The summed E-state index contributed by atoms with van der Waals surface area (Å²) in [6, 6.07) is 5.93. The van der Waals surface area contributed by atoms with E-state index in [0.717, 1.165) is 12.2 Å². The van der Waals surface area contributed by atoms with Crippen LogP contribution in [0.4, 0.5) is 0 Å². The minimum Gasteiger partial charge on any atom is -0.352 e. The Morgan fingerprint density at radius 1 is 1.50 bits per heavy atom. The molecular weight excluding hydrogens is 176 g/mol. The highest BCUT2D eigenvalue weighted by Gasteiger charge is 2.28. The Morgan fingerprint density at radius 2 is 2.36 bits per heavy atom. The van der Waals surface area contributed by atoms with Gasteiger partial charge in [0.15, 0.2) is 0 Å². The zero-order valence-electron chi connectivity index (χ0n) is 8.60. The molecule has 2 heterocycles. The van der Waals surface area contributed by atoms with Crippen molar-refractivity contribution < 1.29 is 4.74 Å². The van der Waals surface area contributed by atoms with Crippen molar-refractivity contribution in [2.45, 2.75) is 26.2 Å². The van der Waals surface area contributed by atoms with Gasteiger partial charge in [-0.25, -0.2) is 0 Å². The molecular formula is C11H16N2O. The predicted molar refractivity (Wildman–Crippen MR) is 54.7 cm³/mol. The maximum Gasteiger partial charge on any atom is 0.114 e. The summed E-state index contributed by atoms with van der Waals surface area (Å²) in [5.41, 5.74) is 1.02. The zero-order chi connectivity index (χ0) is 9.97. The number of nitrogens with one attached hydrogen (secondary N) is 1. The first-order valence-corrected chi connectivity index (χ1v) is 5.07. The van der Waals surface area contributed by atoms with Gasteiger partial charge < -0.3 is 4.74 Å². The van der Waals surface area contributed by atoms with Crippen LogP contribution in [0.1, 0.15) is 25.6 Å². The van der Waals surface area contributed by atoms with Gasteiger partial charge in [-0.3, -0.25) is 10.3 Å². The molecule has 0 aromatic carbocycles. The predicted octanol–water partition coefficient (Wildman–Crippen LogP) is 1.72. The highest BCUT2D eigenvalue weighted by atomic mass is 16.5. The van der Waals surface area contributed by atoms with E-state index < -0.39 is 0 Å². The van der Waals surface area contributed by atoms with E-state index in [-0.39, 0.29) is 12.3 Å². The second-order valence-corrected chi connectivity index (χ2v) is 3.95. The lowest BCUT2D eigenvalue weighted by molar-refractivity contribution is 0.0118. The lowest BCUT2D eigenvalue weighted by Gasteiger charge is -2.15. The summed E-state index contributed by atoms with van der Waals surface area (Å²) in [6.45, 7) is 5.16. The molecule has 1 aliphatic rings. The molecule has 1 saturated heterocycles. The van der Waals surface area contributed by atoms with Crippen molar-refractivity contribution in [3.63, 3.8) is 0 Å². The van der Waals surface area contributed by atoms with Crippen LogP contribution in [0.5, 0.6) is 0 Å². The minimum absolute atomic E-state index is 0.114. The highest BCUT2D eigenvalue weighted by molar-refractivity contribution is 5.08. The summed E-state index contributed by atoms with van der Waals surface area (Å²) in [4.78, 5) is 4.29. The van der Waals surface area contributed by atoms with Crippen LogP contribution in [-0.4, -0.2) is 17.8 Å². The molecule has 2 rings (SSSR count). The van der Waals surface area contributed by atoms with Crippen molar-refractivity contribution in [1.29, 1.82) is 0 Å². The minimum atomic E-state index is 0.114. The molecule has 76 valence electrons. The van der Waals surface area contributed by atoms with Crippen LogP contribution in [0, 0.1) is 5.92 Å². The van der Waals surface area contributed by atoms with Crippen LogP contribution in [-0.2, 0) is 4.74 Å². The Hall–Kier alpha value is -0.930. The van der Waals surface area contributed by atoms with Crippen molar-refractivity contribution in [3.05, 3.63) is 30.1 Å². The number of rotatable bonds is 2. The van der Waals surface area contributed by atoms with E-state index in [0.29, 0.717) is 5.92 Å². The quantitative estimate of drug-likeness (QED) is 0.774. The first kappa shape index (κ1) is 9.62. The average Bonchev–Trinajstić information content (AvgIpc) is 2.68. The standard InChI is InChI=1S/C11H16N2O/c1-8(2)11-13-7-10(14-11)9-5-3-4-6-12-9/h3-6,8,10-11,13H,7H2,1-2H3. The van der Waals surface area contributed by atoms with Gasteiger partial charge in [-0.15, -0.1) is 0 Å². The molecule has 3 heteroatoms. The number of nitrogens with zero attached hydrogens (tertiary/aromatic N) is 1. The third-order valence-electron chi connectivity index (χ3n) is 2.44. The van der Waals surface area contributed by atoms with Crippen LogP contribution < -0.4 is 5.32 Å². The van der Waals surface area contributed by atoms with Gasteiger partial charge in [-0.1, -0.05) is 19.9 Å². The lowest BCUT2D eigenvalue weighted by Crippen LogP contribution is -2.27. The Labute approximate surface area is 84.5 Å². The highest BCUT2D eigenvalue weighted by Crippen LogP contribution is 2.23. The Bertz CT molecular complexity index is 287. The number of aromatic nitrogens is 1. The van der Waals surface area contributed by atoms with Gasteiger partial charge in [0.25, 0.3) is 0 Å². The fraction of sp³-hybridized carbons (Fsp3) is 0.545. The Morgan fingerprint density at radius 3 is 2.93 bits per heavy atom. The van der Waals surface area contributed by atoms with Gasteiger partial charge in [-0.2, -0.15) is 0 Å². The van der Waals surface area contributed by atoms with Crippen LogP contribution in [0.25, 0.3) is 0 Å². The average molecular weight is 192 g/mol. The molecule has 3 nitrogen and oxygen atoms in total. The van der Waals surface area contributed by atoms with E-state index in [2.05, 4.69) is 24.1 Å². The van der Waals surface area contributed by atoms with Gasteiger partial charge in [0, 0.05) is 12.7 Å². The summed E-state index contributed by atoms with van der Waals surface area (Å²) in [5.74, 6) is 0.503. The number of hydrogen-bond donors (Lipinski definition) is 1. The molecule has 1 N–H and O–H groups in total. The summed E-state index contributed by atoms with van der Waals surface area (Å²) in [7, 11) is 0. The molecule has 0 aliphatic carbocycles. The van der Waals surface area contributed by atoms with Gasteiger partial charge in [0.05, 0.1) is 5.69 Å². The van der Waals surface area contributed by atoms with Crippen LogP contribution in [0.15, 0.2) is 24.4 Å². The van der Waals surface area contributed by atoms with Gasteiger partial charge in [0.1, 0.15) is 12.3 Å². The van der Waals surface area contributed by atoms with Crippen molar-refractivity contribution in [2.24, 2.45) is 5.92 Å². The van der Waals surface area contributed by atoms with Crippen molar-refractivity contribution in [2.75, 3.05) is 6.54 Å². The molecule has 2 unspecified atom stereocenters. The van der Waals surface area contributed by atoms with Gasteiger partial charge in [0.2, 0.25) is 0 Å². The third-order valence-corrected chi connectivity index (χ3v) is 2.44. The zero-order valence-corrected chi connectivity index (χ0v) is 8.60. The summed E-state index contributed by atoms with van der Waals surface area (Å²) >= 11 is 0. The topological polar surface area (TPSA) is 34.2 Å². The fourth-order valence-electron chi connectivity index (χ4n) is 1.63. The lowest BCUT2D eigenvalue weighted by atomic mass is 10.2. The molecule has 2 atom stereocenters. The Balaban J connectivity index is 2.03. The van der Waals surface area contributed by atoms with Crippen LogP contribution in [0.2, 0.25) is 0 Å². The normalized spacial score (nSPS) is 27.1. The monoisotopic (exact) mass is 192 g/mol. The Kier molecular flexibility index (Phi) is 2.79. The van der Waals surface area contributed by atoms with Crippen molar-refractivity contribution in [1.82, 2.24) is 10.3 Å². The molecule has 0 bridgehead atoms. The number of hydrogen-bond acceptors (Lipinski definition) is 3. The molecule has 14 heavy (non-hydrogen) atoms. The molecule has 1 fully saturated rings. The summed E-state index contributed by atoms with van der Waals surface area (Å²) in [5, 5.41) is 3.34. The number of pyridine rings is 1. The molecule has 1 aromatic heterocycles. The van der Waals surface area contributed by atoms with Crippen LogP contribution in [0.3, 0.4) is 0 Å². The van der Waals surface area contributed by atoms with E-state index in [4.69, 9.17) is 4.74 Å². The van der Waals surface area contributed by atoms with E-state index >= 15 is 0 Å². The first-order valence-electron chi connectivity index (χ1n) is 5.07. The SMILES string of the molecule is CC(C)C1NCC(c2ccccn2)O1. The smallest absolute Gasteiger partial charge is 0.114 e. The molecule has 1 aromatic rings.